The van der Waals surface area contributed by atoms with Crippen LogP contribution in [0.2, 0.25) is 0 Å². The predicted molar refractivity (Wildman–Crippen MR) is 150 cm³/mol. The van der Waals surface area contributed by atoms with E-state index in [1.807, 2.05) is 0 Å². The Labute approximate surface area is 253 Å². The molecular weight excluding hydrogens is 604 g/mol. The molecule has 2 aromatic carbocycles. The minimum atomic E-state index is -2.86. The molecule has 0 heterocycles. The van der Waals surface area contributed by atoms with E-state index in [4.69, 9.17) is 18.9 Å². The highest BCUT2D eigenvalue weighted by Crippen LogP contribution is 2.05. The molecule has 16 nitrogen and oxygen atoms in total. The van der Waals surface area contributed by atoms with Crippen LogP contribution in [0, 0.1) is 0 Å². The van der Waals surface area contributed by atoms with Crippen molar-refractivity contribution in [2.75, 3.05) is 27.2 Å². The van der Waals surface area contributed by atoms with Crippen molar-refractivity contribution in [3.05, 3.63) is 71.8 Å². The summed E-state index contributed by atoms with van der Waals surface area (Å²) in [5.41, 5.74) is 1.37. The van der Waals surface area contributed by atoms with E-state index < -0.39 is 66.2 Å². The van der Waals surface area contributed by atoms with E-state index in [0.29, 0.717) is 11.1 Å². The van der Waals surface area contributed by atoms with Gasteiger partial charge in [-0.2, -0.15) is 12.8 Å². The Morgan fingerprint density at radius 2 is 1.34 bits per heavy atom. The fourth-order valence-electron chi connectivity index (χ4n) is 3.25. The van der Waals surface area contributed by atoms with Crippen LogP contribution in [0.1, 0.15) is 24.0 Å². The van der Waals surface area contributed by atoms with Crippen LogP contribution in [0.15, 0.2) is 70.0 Å². The molecule has 44 heavy (non-hydrogen) atoms. The number of rotatable bonds is 14. The number of nitrogens with one attached hydrogen (secondary N) is 2. The SMILES string of the molecule is COC(=O)[C@H](CCCN/C(=N\C(=O)OCOC(=O)Cc1ccccc1)NC(=O)OCOC(=O)Cc1ccccc1)N=S(=O)=O. The fourth-order valence-corrected chi connectivity index (χ4v) is 3.64. The van der Waals surface area contributed by atoms with Gasteiger partial charge < -0.3 is 29.0 Å². The molecular formula is C27H30N4O12S. The van der Waals surface area contributed by atoms with Crippen LogP contribution in [0.25, 0.3) is 0 Å². The summed E-state index contributed by atoms with van der Waals surface area (Å²) in [7, 11) is -1.79. The standard InChI is InChI=1S/C27H30N4O12S/c1-39-24(34)21(31-44(37)38)13-8-14-28-25(29-26(35)42-17-40-22(32)15-19-9-4-2-5-10-19)30-27(36)43-18-41-23(33)16-20-11-6-3-7-12-20/h2-7,9-12,21H,8,13-18H2,1H3,(H2,28,29,30,35,36)/t21-/m0/s1. The Hall–Kier alpha value is -5.32. The zero-order chi connectivity index (χ0) is 32.2. The number of alkyl carbamates (subject to hydrolysis) is 1. The Kier molecular flexibility index (Phi) is 15.6. The molecule has 0 aliphatic rings. The van der Waals surface area contributed by atoms with Crippen LogP contribution in [0.3, 0.4) is 0 Å². The smallest absolute Gasteiger partial charge is 0.439 e. The number of aliphatic imine (C=N–C) groups is 1. The van der Waals surface area contributed by atoms with Crippen molar-refractivity contribution >= 4 is 46.6 Å². The van der Waals surface area contributed by atoms with E-state index in [1.165, 1.54) is 0 Å². The number of hydrogen-bond donors (Lipinski definition) is 2. The summed E-state index contributed by atoms with van der Waals surface area (Å²) in [5.74, 6) is -2.69. The zero-order valence-corrected chi connectivity index (χ0v) is 24.3. The predicted octanol–water partition coefficient (Wildman–Crippen LogP) is 1.67. The van der Waals surface area contributed by atoms with E-state index in [2.05, 4.69) is 24.7 Å². The minimum Gasteiger partial charge on any atom is -0.467 e. The van der Waals surface area contributed by atoms with Gasteiger partial charge in [0.25, 0.3) is 0 Å². The topological polar surface area (TPSA) is 214 Å². The first-order valence-corrected chi connectivity index (χ1v) is 13.9. The van der Waals surface area contributed by atoms with Crippen molar-refractivity contribution in [2.45, 2.75) is 31.7 Å². The van der Waals surface area contributed by atoms with Gasteiger partial charge in [-0.1, -0.05) is 60.7 Å². The Balaban J connectivity index is 1.91. The van der Waals surface area contributed by atoms with Crippen LogP contribution in [-0.2, 0) is 61.4 Å². The third-order valence-electron chi connectivity index (χ3n) is 5.25. The van der Waals surface area contributed by atoms with E-state index in [0.717, 1.165) is 7.11 Å². The quantitative estimate of drug-likeness (QED) is 0.0756. The number of methoxy groups -OCH3 is 1. The van der Waals surface area contributed by atoms with Gasteiger partial charge in [0.15, 0.2) is 6.04 Å². The number of ether oxygens (including phenoxy) is 5. The second-order valence-corrected chi connectivity index (χ2v) is 9.10. The number of hydrogen-bond acceptors (Lipinski definition) is 13. The molecule has 2 N–H and O–H groups in total. The summed E-state index contributed by atoms with van der Waals surface area (Å²) in [6.07, 6.45) is -2.53. The molecule has 236 valence electrons. The van der Waals surface area contributed by atoms with Gasteiger partial charge in [0.2, 0.25) is 19.5 Å². The molecule has 2 aromatic rings. The average molecular weight is 635 g/mol. The maximum Gasteiger partial charge on any atom is 0.439 e. The first-order chi connectivity index (χ1) is 21.2. The van der Waals surface area contributed by atoms with E-state index >= 15 is 0 Å². The van der Waals surface area contributed by atoms with Crippen LogP contribution in [0.4, 0.5) is 9.59 Å². The van der Waals surface area contributed by atoms with Crippen LogP contribution < -0.4 is 10.6 Å². The van der Waals surface area contributed by atoms with Gasteiger partial charge in [-0.15, -0.1) is 4.99 Å². The van der Waals surface area contributed by atoms with Crippen LogP contribution >= 0.6 is 0 Å². The normalized spacial score (nSPS) is 11.2. The summed E-state index contributed by atoms with van der Waals surface area (Å²) < 4.78 is 48.7. The number of guanidine groups is 1. The van der Waals surface area contributed by atoms with Gasteiger partial charge in [-0.25, -0.2) is 14.4 Å². The van der Waals surface area contributed by atoms with Crippen LogP contribution in [0.5, 0.6) is 0 Å². The third-order valence-corrected chi connectivity index (χ3v) is 5.68. The lowest BCUT2D eigenvalue weighted by molar-refractivity contribution is -0.152. The van der Waals surface area contributed by atoms with Crippen LogP contribution in [-0.4, -0.2) is 77.8 Å². The number of amides is 2. The van der Waals surface area contributed by atoms with Gasteiger partial charge in [-0.05, 0) is 24.0 Å². The molecule has 2 rings (SSSR count). The third kappa shape index (κ3) is 15.1. The highest BCUT2D eigenvalue weighted by atomic mass is 32.2. The molecule has 0 spiro atoms. The molecule has 0 radical (unpaired) electrons. The zero-order valence-electron chi connectivity index (χ0n) is 23.5. The average Bonchev–Trinajstić information content (AvgIpc) is 2.99. The lowest BCUT2D eigenvalue weighted by atomic mass is 10.2. The van der Waals surface area contributed by atoms with Crippen molar-refractivity contribution in [1.82, 2.24) is 10.6 Å². The number of benzene rings is 2. The maximum atomic E-state index is 12.2. The Bertz CT molecular complexity index is 1430. The highest BCUT2D eigenvalue weighted by Gasteiger charge is 2.19. The Morgan fingerprint density at radius 3 is 1.86 bits per heavy atom. The van der Waals surface area contributed by atoms with E-state index in [9.17, 15) is 32.4 Å². The number of nitrogens with zero attached hydrogens (tertiary/aromatic N) is 2. The fraction of sp³-hybridized carbons (Fsp3) is 0.333. The molecule has 2 amide bonds. The molecule has 0 saturated heterocycles. The molecule has 17 heteroatoms. The molecule has 0 unspecified atom stereocenters. The largest absolute Gasteiger partial charge is 0.467 e. The van der Waals surface area contributed by atoms with Gasteiger partial charge in [0.1, 0.15) is 0 Å². The van der Waals surface area contributed by atoms with E-state index in [-0.39, 0.29) is 32.2 Å². The minimum absolute atomic E-state index is 0.0549. The van der Waals surface area contributed by atoms with Gasteiger partial charge in [0.05, 0.1) is 20.0 Å². The van der Waals surface area contributed by atoms with Gasteiger partial charge >= 0.3 is 40.6 Å². The molecule has 0 fully saturated rings. The monoisotopic (exact) mass is 634 g/mol. The van der Waals surface area contributed by atoms with Crippen molar-refractivity contribution in [2.24, 2.45) is 9.36 Å². The first-order valence-electron chi connectivity index (χ1n) is 12.9. The summed E-state index contributed by atoms with van der Waals surface area (Å²) in [6, 6.07) is 16.1. The summed E-state index contributed by atoms with van der Waals surface area (Å²) in [5, 5.41) is 4.71. The molecule has 0 aromatic heterocycles. The lowest BCUT2D eigenvalue weighted by Crippen LogP contribution is -2.42. The molecule has 1 atom stereocenters. The van der Waals surface area contributed by atoms with Gasteiger partial charge in [0, 0.05) is 6.54 Å². The summed E-state index contributed by atoms with van der Waals surface area (Å²) in [6.45, 7) is -1.57. The molecule has 0 bridgehead atoms. The first kappa shape index (κ1) is 34.9. The second-order valence-electron chi connectivity index (χ2n) is 8.45. The lowest BCUT2D eigenvalue weighted by Gasteiger charge is -2.13. The summed E-state index contributed by atoms with van der Waals surface area (Å²) in [4.78, 5) is 63.5. The van der Waals surface area contributed by atoms with E-state index in [1.54, 1.807) is 60.7 Å². The van der Waals surface area contributed by atoms with Crippen molar-refractivity contribution in [1.29, 1.82) is 0 Å². The summed E-state index contributed by atoms with van der Waals surface area (Å²) >= 11 is 0. The highest BCUT2D eigenvalue weighted by molar-refractivity contribution is 7.61. The van der Waals surface area contributed by atoms with Crippen molar-refractivity contribution in [3.63, 3.8) is 0 Å². The molecule has 0 aliphatic carbocycles. The number of carbonyl (C=O) groups is 5. The Morgan fingerprint density at radius 1 is 0.795 bits per heavy atom. The van der Waals surface area contributed by atoms with Gasteiger partial charge in [-0.3, -0.25) is 14.9 Å². The maximum absolute atomic E-state index is 12.2. The number of esters is 3. The second kappa shape index (κ2) is 19.7. The number of carbonyl (C=O) groups excluding carboxylic acids is 5. The van der Waals surface area contributed by atoms with Crippen molar-refractivity contribution in [3.8, 4) is 0 Å². The molecule has 0 saturated carbocycles. The van der Waals surface area contributed by atoms with Crippen molar-refractivity contribution < 1.29 is 56.1 Å². The molecule has 0 aliphatic heterocycles.